The largest absolute Gasteiger partial charge is 0.497 e. The third-order valence-electron chi connectivity index (χ3n) is 3.84. The van der Waals surface area contributed by atoms with Gasteiger partial charge < -0.3 is 13.9 Å². The van der Waals surface area contributed by atoms with Crippen LogP contribution in [0.15, 0.2) is 59.0 Å². The van der Waals surface area contributed by atoms with Crippen LogP contribution in [0.1, 0.15) is 22.5 Å². The number of para-hydroxylation sites is 1. The minimum atomic E-state index is -0.416. The Labute approximate surface area is 145 Å². The molecule has 1 heterocycles. The van der Waals surface area contributed by atoms with E-state index in [2.05, 4.69) is 0 Å². The summed E-state index contributed by atoms with van der Waals surface area (Å²) in [5.41, 5.74) is 1.64. The number of benzene rings is 2. The van der Waals surface area contributed by atoms with Gasteiger partial charge in [-0.2, -0.15) is 0 Å². The van der Waals surface area contributed by atoms with E-state index in [-0.39, 0.29) is 24.6 Å². The molecule has 0 saturated heterocycles. The van der Waals surface area contributed by atoms with E-state index in [1.54, 1.807) is 19.2 Å². The fourth-order valence-electron chi connectivity index (χ4n) is 2.45. The van der Waals surface area contributed by atoms with E-state index in [1.807, 2.05) is 42.5 Å². The van der Waals surface area contributed by atoms with Crippen LogP contribution in [0.4, 0.5) is 0 Å². The Balaban J connectivity index is 1.48. The number of aryl methyl sites for hydroxylation is 1. The molecular weight excluding hydrogens is 320 g/mol. The Hall–Kier alpha value is -3.08. The zero-order valence-electron chi connectivity index (χ0n) is 13.9. The molecule has 0 radical (unpaired) electrons. The summed E-state index contributed by atoms with van der Waals surface area (Å²) >= 11 is 0. The first kappa shape index (κ1) is 16.8. The van der Waals surface area contributed by atoms with Crippen molar-refractivity contribution >= 4 is 22.7 Å². The van der Waals surface area contributed by atoms with E-state index >= 15 is 0 Å². The SMILES string of the molecule is COc1ccc(CCC(=O)OCC(=O)c2cc3ccccc3o2)cc1. The van der Waals surface area contributed by atoms with Crippen LogP contribution >= 0.6 is 0 Å². The molecule has 3 rings (SSSR count). The summed E-state index contributed by atoms with van der Waals surface area (Å²) < 4.78 is 15.6. The number of rotatable bonds is 7. The van der Waals surface area contributed by atoms with Gasteiger partial charge in [-0.15, -0.1) is 0 Å². The van der Waals surface area contributed by atoms with Crippen LogP contribution in [-0.4, -0.2) is 25.5 Å². The summed E-state index contributed by atoms with van der Waals surface area (Å²) in [6, 6.07) is 16.5. The van der Waals surface area contributed by atoms with E-state index in [0.717, 1.165) is 16.7 Å². The van der Waals surface area contributed by atoms with Gasteiger partial charge in [-0.1, -0.05) is 30.3 Å². The van der Waals surface area contributed by atoms with Crippen molar-refractivity contribution < 1.29 is 23.5 Å². The highest BCUT2D eigenvalue weighted by atomic mass is 16.5. The van der Waals surface area contributed by atoms with Crippen LogP contribution in [-0.2, 0) is 16.0 Å². The molecule has 25 heavy (non-hydrogen) atoms. The predicted molar refractivity (Wildman–Crippen MR) is 92.8 cm³/mol. The van der Waals surface area contributed by atoms with Crippen molar-refractivity contribution in [3.05, 3.63) is 65.9 Å². The number of hydrogen-bond acceptors (Lipinski definition) is 5. The molecule has 0 N–H and O–H groups in total. The fraction of sp³-hybridized carbons (Fsp3) is 0.200. The molecule has 1 aromatic heterocycles. The number of Topliss-reactive ketones (excluding diaryl/α,β-unsaturated/α-hetero) is 1. The maximum absolute atomic E-state index is 12.1. The summed E-state index contributed by atoms with van der Waals surface area (Å²) in [5, 5.41) is 0.844. The number of ketones is 1. The van der Waals surface area contributed by atoms with Crippen molar-refractivity contribution in [1.29, 1.82) is 0 Å². The van der Waals surface area contributed by atoms with E-state index < -0.39 is 5.97 Å². The van der Waals surface area contributed by atoms with Crippen molar-refractivity contribution in [1.82, 2.24) is 0 Å². The second-order valence-electron chi connectivity index (χ2n) is 5.58. The number of carbonyl (C=O) groups excluding carboxylic acids is 2. The van der Waals surface area contributed by atoms with Gasteiger partial charge in [-0.25, -0.2) is 0 Å². The summed E-state index contributed by atoms with van der Waals surface area (Å²) in [6.07, 6.45) is 0.751. The Kier molecular flexibility index (Phi) is 5.14. The van der Waals surface area contributed by atoms with Gasteiger partial charge in [0.05, 0.1) is 7.11 Å². The molecule has 5 nitrogen and oxygen atoms in total. The summed E-state index contributed by atoms with van der Waals surface area (Å²) in [6.45, 7) is -0.318. The molecule has 0 unspecified atom stereocenters. The molecule has 0 bridgehead atoms. The lowest BCUT2D eigenvalue weighted by molar-refractivity contribution is -0.142. The summed E-state index contributed by atoms with van der Waals surface area (Å²) in [5.74, 6) is 0.196. The Morgan fingerprint density at radius 3 is 2.52 bits per heavy atom. The van der Waals surface area contributed by atoms with Crippen LogP contribution < -0.4 is 4.74 Å². The maximum atomic E-state index is 12.1. The third-order valence-corrected chi connectivity index (χ3v) is 3.84. The lowest BCUT2D eigenvalue weighted by Gasteiger charge is -2.04. The van der Waals surface area contributed by atoms with E-state index in [1.165, 1.54) is 0 Å². The number of methoxy groups -OCH3 is 1. The molecule has 0 fully saturated rings. The van der Waals surface area contributed by atoms with Crippen molar-refractivity contribution in [3.63, 3.8) is 0 Å². The topological polar surface area (TPSA) is 65.7 Å². The second-order valence-corrected chi connectivity index (χ2v) is 5.58. The molecule has 3 aromatic rings. The Bertz CT molecular complexity index is 843. The Morgan fingerprint density at radius 1 is 1.04 bits per heavy atom. The van der Waals surface area contributed by atoms with E-state index in [9.17, 15) is 9.59 Å². The number of furan rings is 1. The highest BCUT2D eigenvalue weighted by Gasteiger charge is 2.14. The molecule has 0 saturated carbocycles. The molecule has 0 atom stereocenters. The average Bonchev–Trinajstić information content (AvgIpc) is 3.09. The van der Waals surface area contributed by atoms with Crippen LogP contribution in [0, 0.1) is 0 Å². The van der Waals surface area contributed by atoms with Crippen molar-refractivity contribution in [2.24, 2.45) is 0 Å². The third kappa shape index (κ3) is 4.26. The molecule has 0 amide bonds. The van der Waals surface area contributed by atoms with Gasteiger partial charge in [0.2, 0.25) is 5.78 Å². The van der Waals surface area contributed by atoms with Gasteiger partial charge in [0.15, 0.2) is 12.4 Å². The highest BCUT2D eigenvalue weighted by molar-refractivity contribution is 5.99. The summed E-state index contributed by atoms with van der Waals surface area (Å²) in [4.78, 5) is 23.9. The smallest absolute Gasteiger partial charge is 0.306 e. The van der Waals surface area contributed by atoms with Crippen molar-refractivity contribution in [2.45, 2.75) is 12.8 Å². The normalized spacial score (nSPS) is 10.6. The lowest BCUT2D eigenvalue weighted by atomic mass is 10.1. The van der Waals surface area contributed by atoms with Gasteiger partial charge in [0, 0.05) is 11.8 Å². The van der Waals surface area contributed by atoms with E-state index in [4.69, 9.17) is 13.9 Å². The lowest BCUT2D eigenvalue weighted by Crippen LogP contribution is -2.14. The number of ether oxygens (including phenoxy) is 2. The van der Waals surface area contributed by atoms with Gasteiger partial charge in [-0.3, -0.25) is 9.59 Å². The molecule has 0 spiro atoms. The molecule has 128 valence electrons. The molecule has 0 aliphatic heterocycles. The van der Waals surface area contributed by atoms with Crippen LogP contribution in [0.25, 0.3) is 11.0 Å². The number of esters is 1. The standard InChI is InChI=1S/C20H18O5/c1-23-16-9-6-14(7-10-16)8-11-20(22)24-13-17(21)19-12-15-4-2-3-5-18(15)25-19/h2-7,9-10,12H,8,11,13H2,1H3. The molecule has 0 aliphatic carbocycles. The number of fused-ring (bicyclic) bond motifs is 1. The second kappa shape index (κ2) is 7.66. The van der Waals surface area contributed by atoms with E-state index in [0.29, 0.717) is 12.0 Å². The monoisotopic (exact) mass is 338 g/mol. The van der Waals surface area contributed by atoms with Crippen molar-refractivity contribution in [3.8, 4) is 5.75 Å². The molecule has 0 aliphatic rings. The van der Waals surface area contributed by atoms with Crippen LogP contribution in [0.2, 0.25) is 0 Å². The first-order valence-electron chi connectivity index (χ1n) is 7.96. The van der Waals surface area contributed by atoms with Crippen LogP contribution in [0.5, 0.6) is 5.75 Å². The quantitative estimate of drug-likeness (QED) is 0.484. The average molecular weight is 338 g/mol. The zero-order valence-corrected chi connectivity index (χ0v) is 13.9. The predicted octanol–water partition coefficient (Wildman–Crippen LogP) is 3.80. The maximum Gasteiger partial charge on any atom is 0.306 e. The Morgan fingerprint density at radius 2 is 1.80 bits per heavy atom. The number of hydrogen-bond donors (Lipinski definition) is 0. The first-order chi connectivity index (χ1) is 12.2. The fourth-order valence-corrected chi connectivity index (χ4v) is 2.45. The highest BCUT2D eigenvalue weighted by Crippen LogP contribution is 2.19. The van der Waals surface area contributed by atoms with Gasteiger partial charge in [0.25, 0.3) is 0 Å². The zero-order chi connectivity index (χ0) is 17.6. The van der Waals surface area contributed by atoms with Gasteiger partial charge in [0.1, 0.15) is 11.3 Å². The minimum absolute atomic E-state index is 0.198. The first-order valence-corrected chi connectivity index (χ1v) is 7.96. The summed E-state index contributed by atoms with van der Waals surface area (Å²) in [7, 11) is 1.60. The van der Waals surface area contributed by atoms with Gasteiger partial charge >= 0.3 is 5.97 Å². The molecule has 5 heteroatoms. The van der Waals surface area contributed by atoms with Crippen LogP contribution in [0.3, 0.4) is 0 Å². The van der Waals surface area contributed by atoms with Gasteiger partial charge in [-0.05, 0) is 36.2 Å². The van der Waals surface area contributed by atoms with Crippen molar-refractivity contribution in [2.75, 3.05) is 13.7 Å². The number of carbonyl (C=O) groups is 2. The molecular formula is C20H18O5. The minimum Gasteiger partial charge on any atom is -0.497 e. The molecule has 2 aromatic carbocycles.